The van der Waals surface area contributed by atoms with Gasteiger partial charge in [0.05, 0.1) is 5.52 Å². The first-order valence-corrected chi connectivity index (χ1v) is 8.40. The Balaban J connectivity index is 0.000000537. The highest BCUT2D eigenvalue weighted by Gasteiger charge is 2.71. The van der Waals surface area contributed by atoms with Crippen LogP contribution in [-0.4, -0.2) is 33.1 Å². The molecule has 0 radical (unpaired) electrons. The monoisotopic (exact) mass is 425 g/mol. The molecule has 2 aromatic rings. The second kappa shape index (κ2) is 7.36. The number of rotatable bonds is 2. The normalized spacial score (nSPS) is 14.0. The number of pyridine rings is 1. The van der Waals surface area contributed by atoms with Crippen LogP contribution >= 0.6 is 0 Å². The van der Waals surface area contributed by atoms with Gasteiger partial charge in [-0.3, -0.25) is 9.59 Å². The van der Waals surface area contributed by atoms with E-state index >= 15 is 0 Å². The van der Waals surface area contributed by atoms with Gasteiger partial charge < -0.3 is 14.8 Å². The number of carbonyl (C=O) groups is 1. The molecule has 1 aliphatic rings. The summed E-state index contributed by atoms with van der Waals surface area (Å²) in [6.45, 7) is 3.19. The molecule has 0 atom stereocenters. The number of aliphatic carboxylic acids is 1. The zero-order valence-corrected chi connectivity index (χ0v) is 15.3. The molecule has 0 bridgehead atoms. The molecule has 160 valence electrons. The fraction of sp³-hybridized carbons (Fsp3) is 0.444. The Labute approximate surface area is 160 Å². The SMILES string of the molecule is CCC(=O)O.Cc1cc(=O)n2c3c(cc(C(O)(C(F)(F)F)C(F)(F)F)cc13)CC2. The lowest BCUT2D eigenvalue weighted by atomic mass is 9.88. The average Bonchev–Trinajstić information content (AvgIpc) is 3.02. The van der Waals surface area contributed by atoms with Gasteiger partial charge in [-0.2, -0.15) is 26.3 Å². The molecule has 5 nitrogen and oxygen atoms in total. The van der Waals surface area contributed by atoms with E-state index in [0.717, 1.165) is 6.07 Å². The molecule has 1 aromatic heterocycles. The maximum atomic E-state index is 13.1. The van der Waals surface area contributed by atoms with E-state index in [0.29, 0.717) is 17.6 Å². The molecule has 1 aromatic carbocycles. The smallest absolute Gasteiger partial charge is 0.430 e. The van der Waals surface area contributed by atoms with Crippen molar-refractivity contribution in [1.82, 2.24) is 4.57 Å². The van der Waals surface area contributed by atoms with Gasteiger partial charge in [-0.05, 0) is 30.5 Å². The minimum absolute atomic E-state index is 0.0894. The molecule has 11 heteroatoms. The summed E-state index contributed by atoms with van der Waals surface area (Å²) in [5.74, 6) is -0.745. The molecule has 29 heavy (non-hydrogen) atoms. The standard InChI is InChI=1S/C15H11F6NO2.C3H6O2/c1-7-4-11(23)22-3-2-8-5-9(6-10(7)12(8)22)13(24,14(16,17)18)15(19,20)21;1-2-3(4)5/h4-6,24H,2-3H2,1H3;2H2,1H3,(H,4,5). The third kappa shape index (κ3) is 3.83. The summed E-state index contributed by atoms with van der Waals surface area (Å²) in [6.07, 6.45) is -11.5. The van der Waals surface area contributed by atoms with Gasteiger partial charge in [0, 0.05) is 30.0 Å². The Morgan fingerprint density at radius 2 is 1.62 bits per heavy atom. The topological polar surface area (TPSA) is 79.5 Å². The zero-order chi connectivity index (χ0) is 22.4. The Morgan fingerprint density at radius 3 is 2.07 bits per heavy atom. The number of hydrogen-bond acceptors (Lipinski definition) is 3. The predicted octanol–water partition coefficient (Wildman–Crippen LogP) is 3.66. The van der Waals surface area contributed by atoms with Gasteiger partial charge in [0.25, 0.3) is 11.2 Å². The largest absolute Gasteiger partial charge is 0.481 e. The molecular weight excluding hydrogens is 408 g/mol. The third-order valence-corrected chi connectivity index (χ3v) is 4.64. The van der Waals surface area contributed by atoms with Crippen LogP contribution in [0.25, 0.3) is 10.9 Å². The van der Waals surface area contributed by atoms with Gasteiger partial charge in [-0.15, -0.1) is 0 Å². The van der Waals surface area contributed by atoms with E-state index in [1.807, 2.05) is 0 Å². The molecule has 2 N–H and O–H groups in total. The van der Waals surface area contributed by atoms with Gasteiger partial charge in [0.15, 0.2) is 0 Å². The van der Waals surface area contributed by atoms with Crippen molar-refractivity contribution in [3.8, 4) is 0 Å². The zero-order valence-electron chi connectivity index (χ0n) is 15.3. The molecule has 0 fully saturated rings. The van der Waals surface area contributed by atoms with Crippen LogP contribution in [0.4, 0.5) is 26.3 Å². The molecule has 3 rings (SSSR count). The third-order valence-electron chi connectivity index (χ3n) is 4.64. The summed E-state index contributed by atoms with van der Waals surface area (Å²) in [7, 11) is 0. The predicted molar refractivity (Wildman–Crippen MR) is 90.6 cm³/mol. The van der Waals surface area contributed by atoms with E-state index in [9.17, 15) is 41.0 Å². The summed E-state index contributed by atoms with van der Waals surface area (Å²) in [4.78, 5) is 21.2. The maximum Gasteiger partial charge on any atom is 0.430 e. The first-order chi connectivity index (χ1) is 13.1. The lowest BCUT2D eigenvalue weighted by Gasteiger charge is -2.33. The Bertz CT molecular complexity index is 993. The lowest BCUT2D eigenvalue weighted by Crippen LogP contribution is -2.54. The van der Waals surface area contributed by atoms with Crippen molar-refractivity contribution in [1.29, 1.82) is 0 Å². The van der Waals surface area contributed by atoms with E-state index in [4.69, 9.17) is 5.11 Å². The molecule has 1 aliphatic heterocycles. The Hall–Kier alpha value is -2.56. The van der Waals surface area contributed by atoms with E-state index in [2.05, 4.69) is 0 Å². The molecule has 0 amide bonds. The molecule has 0 unspecified atom stereocenters. The van der Waals surface area contributed by atoms with Crippen molar-refractivity contribution >= 4 is 16.9 Å². The highest BCUT2D eigenvalue weighted by atomic mass is 19.4. The molecule has 0 aliphatic carbocycles. The van der Waals surface area contributed by atoms with Crippen molar-refractivity contribution in [2.75, 3.05) is 0 Å². The van der Waals surface area contributed by atoms with Gasteiger partial charge in [0.1, 0.15) is 0 Å². The number of benzene rings is 1. The van der Waals surface area contributed by atoms with E-state index in [1.54, 1.807) is 6.92 Å². The number of aryl methyl sites for hydroxylation is 3. The van der Waals surface area contributed by atoms with Gasteiger partial charge >= 0.3 is 18.3 Å². The summed E-state index contributed by atoms with van der Waals surface area (Å²) >= 11 is 0. The van der Waals surface area contributed by atoms with Gasteiger partial charge in [0.2, 0.25) is 0 Å². The summed E-state index contributed by atoms with van der Waals surface area (Å²) in [5.41, 5.74) is -5.89. The number of carboxylic acids is 1. The number of alkyl halides is 6. The maximum absolute atomic E-state index is 13.1. The van der Waals surface area contributed by atoms with E-state index in [-0.39, 0.29) is 41.5 Å². The number of carboxylic acid groups (broad SMARTS) is 1. The van der Waals surface area contributed by atoms with Crippen LogP contribution in [0.2, 0.25) is 0 Å². The van der Waals surface area contributed by atoms with Crippen LogP contribution < -0.4 is 5.56 Å². The second-order valence-electron chi connectivity index (χ2n) is 6.55. The minimum Gasteiger partial charge on any atom is -0.481 e. The number of aromatic nitrogens is 1. The molecule has 0 spiro atoms. The van der Waals surface area contributed by atoms with Crippen molar-refractivity contribution in [3.63, 3.8) is 0 Å². The van der Waals surface area contributed by atoms with Crippen LogP contribution in [0, 0.1) is 6.92 Å². The van der Waals surface area contributed by atoms with Crippen LogP contribution in [-0.2, 0) is 23.4 Å². The second-order valence-corrected chi connectivity index (χ2v) is 6.55. The fourth-order valence-electron chi connectivity index (χ4n) is 3.11. The molecule has 0 saturated heterocycles. The Kier molecular flexibility index (Phi) is 5.77. The summed E-state index contributed by atoms with van der Waals surface area (Å²) in [5, 5.41) is 17.4. The van der Waals surface area contributed by atoms with E-state index < -0.39 is 29.5 Å². The number of aliphatic hydroxyl groups is 1. The number of halogens is 6. The van der Waals surface area contributed by atoms with Crippen LogP contribution in [0.15, 0.2) is 23.0 Å². The van der Waals surface area contributed by atoms with Crippen molar-refractivity contribution < 1.29 is 41.4 Å². The molecular formula is C18H17F6NO4. The summed E-state index contributed by atoms with van der Waals surface area (Å²) < 4.78 is 79.8. The Morgan fingerprint density at radius 1 is 1.10 bits per heavy atom. The first-order valence-electron chi connectivity index (χ1n) is 8.40. The fourth-order valence-corrected chi connectivity index (χ4v) is 3.11. The number of nitrogens with zero attached hydrogens (tertiary/aromatic N) is 1. The van der Waals surface area contributed by atoms with Crippen LogP contribution in [0.3, 0.4) is 0 Å². The molecule has 0 saturated carbocycles. The lowest BCUT2D eigenvalue weighted by molar-refractivity contribution is -0.376. The van der Waals surface area contributed by atoms with Gasteiger partial charge in [-0.25, -0.2) is 0 Å². The number of hydrogen-bond donors (Lipinski definition) is 2. The quantitative estimate of drug-likeness (QED) is 0.720. The minimum atomic E-state index is -5.94. The van der Waals surface area contributed by atoms with E-state index in [1.165, 1.54) is 11.5 Å². The van der Waals surface area contributed by atoms with Crippen LogP contribution in [0.1, 0.15) is 30.0 Å². The molecule has 2 heterocycles. The van der Waals surface area contributed by atoms with Crippen molar-refractivity contribution in [2.45, 2.75) is 51.2 Å². The van der Waals surface area contributed by atoms with Crippen LogP contribution in [0.5, 0.6) is 0 Å². The highest BCUT2D eigenvalue weighted by molar-refractivity contribution is 5.87. The summed E-state index contributed by atoms with van der Waals surface area (Å²) in [6, 6.07) is 2.50. The average molecular weight is 425 g/mol. The highest BCUT2D eigenvalue weighted by Crippen LogP contribution is 2.51. The first kappa shape index (κ1) is 22.7. The van der Waals surface area contributed by atoms with Gasteiger partial charge in [-0.1, -0.05) is 13.0 Å². The van der Waals surface area contributed by atoms with Crippen molar-refractivity contribution in [2.24, 2.45) is 0 Å². The van der Waals surface area contributed by atoms with Crippen molar-refractivity contribution in [3.05, 3.63) is 45.2 Å².